The van der Waals surface area contributed by atoms with Gasteiger partial charge in [0, 0.05) is 0 Å². The fraction of sp³-hybridized carbons (Fsp3) is 0.118. The smallest absolute Gasteiger partial charge is 0.335 e. The van der Waals surface area contributed by atoms with E-state index in [9.17, 15) is 9.90 Å². The van der Waals surface area contributed by atoms with Gasteiger partial charge in [-0.1, -0.05) is 24.3 Å². The van der Waals surface area contributed by atoms with Gasteiger partial charge in [0.2, 0.25) is 0 Å². The molecule has 0 bridgehead atoms. The molecule has 0 radical (unpaired) electrons. The summed E-state index contributed by atoms with van der Waals surface area (Å²) in [5.41, 5.74) is 4.47. The Morgan fingerprint density at radius 3 is 2.50 bits per heavy atom. The summed E-state index contributed by atoms with van der Waals surface area (Å²) in [5, 5.41) is 18.5. The molecule has 20 heavy (non-hydrogen) atoms. The SMILES string of the molecule is O=C(O)c1ccc2c(c1)C(c1ccc(O)cc1)=CCC2. The molecule has 0 fully saturated rings. The summed E-state index contributed by atoms with van der Waals surface area (Å²) in [6, 6.07) is 12.3. The molecule has 0 saturated carbocycles. The van der Waals surface area contributed by atoms with Crippen LogP contribution in [-0.2, 0) is 6.42 Å². The minimum Gasteiger partial charge on any atom is -0.508 e. The number of fused-ring (bicyclic) bond motifs is 1. The summed E-state index contributed by atoms with van der Waals surface area (Å²) in [6.45, 7) is 0. The van der Waals surface area contributed by atoms with E-state index in [1.165, 1.54) is 5.56 Å². The summed E-state index contributed by atoms with van der Waals surface area (Å²) in [6.07, 6.45) is 3.99. The second-order valence-corrected chi connectivity index (χ2v) is 4.88. The van der Waals surface area contributed by atoms with Gasteiger partial charge in [-0.15, -0.1) is 0 Å². The maximum atomic E-state index is 11.1. The van der Waals surface area contributed by atoms with Crippen molar-refractivity contribution in [3.8, 4) is 5.75 Å². The van der Waals surface area contributed by atoms with Crippen molar-refractivity contribution in [2.75, 3.05) is 0 Å². The standard InChI is InChI=1S/C17H14O3/c18-14-8-6-12(7-9-14)15-3-1-2-11-4-5-13(17(19)20)10-16(11)15/h3-10,18H,1-2H2,(H,19,20). The van der Waals surface area contributed by atoms with Crippen LogP contribution < -0.4 is 0 Å². The monoisotopic (exact) mass is 266 g/mol. The van der Waals surface area contributed by atoms with Crippen LogP contribution in [0.2, 0.25) is 0 Å². The Kier molecular flexibility index (Phi) is 3.03. The molecule has 0 aliphatic heterocycles. The zero-order valence-electron chi connectivity index (χ0n) is 10.8. The maximum Gasteiger partial charge on any atom is 0.335 e. The van der Waals surface area contributed by atoms with Crippen molar-refractivity contribution < 1.29 is 15.0 Å². The highest BCUT2D eigenvalue weighted by atomic mass is 16.4. The molecule has 3 nitrogen and oxygen atoms in total. The van der Waals surface area contributed by atoms with Crippen LogP contribution >= 0.6 is 0 Å². The van der Waals surface area contributed by atoms with E-state index in [4.69, 9.17) is 5.11 Å². The van der Waals surface area contributed by atoms with Gasteiger partial charge >= 0.3 is 5.97 Å². The van der Waals surface area contributed by atoms with E-state index in [1.54, 1.807) is 24.3 Å². The first-order valence-electron chi connectivity index (χ1n) is 6.51. The second-order valence-electron chi connectivity index (χ2n) is 4.88. The van der Waals surface area contributed by atoms with Crippen LogP contribution in [0.25, 0.3) is 5.57 Å². The van der Waals surface area contributed by atoms with Crippen LogP contribution in [0.1, 0.15) is 33.5 Å². The summed E-state index contributed by atoms with van der Waals surface area (Å²) >= 11 is 0. The van der Waals surface area contributed by atoms with Gasteiger partial charge in [-0.3, -0.25) is 0 Å². The Balaban J connectivity index is 2.11. The molecule has 2 aromatic carbocycles. The number of aryl methyl sites for hydroxylation is 1. The molecule has 0 unspecified atom stereocenters. The lowest BCUT2D eigenvalue weighted by Gasteiger charge is -2.18. The lowest BCUT2D eigenvalue weighted by atomic mass is 9.86. The summed E-state index contributed by atoms with van der Waals surface area (Å²) < 4.78 is 0. The first-order valence-corrected chi connectivity index (χ1v) is 6.51. The average Bonchev–Trinajstić information content (AvgIpc) is 2.47. The highest BCUT2D eigenvalue weighted by Gasteiger charge is 2.16. The van der Waals surface area contributed by atoms with Crippen molar-refractivity contribution >= 4 is 11.5 Å². The van der Waals surface area contributed by atoms with Gasteiger partial charge in [0.25, 0.3) is 0 Å². The van der Waals surface area contributed by atoms with Gasteiger partial charge in [-0.2, -0.15) is 0 Å². The van der Waals surface area contributed by atoms with Gasteiger partial charge in [-0.25, -0.2) is 4.79 Å². The van der Waals surface area contributed by atoms with E-state index < -0.39 is 5.97 Å². The molecule has 0 amide bonds. The first kappa shape index (κ1) is 12.5. The van der Waals surface area contributed by atoms with Crippen molar-refractivity contribution in [2.45, 2.75) is 12.8 Å². The predicted molar refractivity (Wildman–Crippen MR) is 76.9 cm³/mol. The van der Waals surface area contributed by atoms with E-state index in [-0.39, 0.29) is 5.75 Å². The topological polar surface area (TPSA) is 57.5 Å². The van der Waals surface area contributed by atoms with E-state index >= 15 is 0 Å². The van der Waals surface area contributed by atoms with Crippen molar-refractivity contribution in [3.63, 3.8) is 0 Å². The van der Waals surface area contributed by atoms with E-state index in [0.29, 0.717) is 5.56 Å². The Labute approximate surface area is 116 Å². The predicted octanol–water partition coefficient (Wildman–Crippen LogP) is 3.47. The molecule has 0 saturated heterocycles. The summed E-state index contributed by atoms with van der Waals surface area (Å²) in [7, 11) is 0. The Morgan fingerprint density at radius 2 is 1.80 bits per heavy atom. The Bertz CT molecular complexity index is 697. The number of carboxylic acids is 1. The van der Waals surface area contributed by atoms with E-state index in [1.807, 2.05) is 18.2 Å². The Hall–Kier alpha value is -2.55. The molecule has 100 valence electrons. The van der Waals surface area contributed by atoms with Crippen molar-refractivity contribution in [3.05, 3.63) is 70.8 Å². The number of phenolic OH excluding ortho intramolecular Hbond substituents is 1. The van der Waals surface area contributed by atoms with Crippen LogP contribution in [0.3, 0.4) is 0 Å². The molecule has 0 atom stereocenters. The van der Waals surface area contributed by atoms with Crippen LogP contribution in [0.4, 0.5) is 0 Å². The lowest BCUT2D eigenvalue weighted by Crippen LogP contribution is -2.04. The van der Waals surface area contributed by atoms with Crippen molar-refractivity contribution in [1.29, 1.82) is 0 Å². The fourth-order valence-corrected chi connectivity index (χ4v) is 2.57. The molecule has 1 aliphatic rings. The van der Waals surface area contributed by atoms with Gasteiger partial charge in [0.1, 0.15) is 5.75 Å². The number of phenols is 1. The lowest BCUT2D eigenvalue weighted by molar-refractivity contribution is 0.0697. The van der Waals surface area contributed by atoms with Crippen molar-refractivity contribution in [2.24, 2.45) is 0 Å². The summed E-state index contributed by atoms with van der Waals surface area (Å²) in [4.78, 5) is 11.1. The second kappa shape index (κ2) is 4.85. The van der Waals surface area contributed by atoms with Crippen LogP contribution in [0.5, 0.6) is 5.75 Å². The van der Waals surface area contributed by atoms with Crippen LogP contribution in [0.15, 0.2) is 48.5 Å². The Morgan fingerprint density at radius 1 is 1.05 bits per heavy atom. The molecule has 0 heterocycles. The third kappa shape index (κ3) is 2.18. The molecule has 2 N–H and O–H groups in total. The van der Waals surface area contributed by atoms with E-state index in [2.05, 4.69) is 6.08 Å². The third-order valence-corrected chi connectivity index (χ3v) is 3.59. The number of carbonyl (C=O) groups is 1. The maximum absolute atomic E-state index is 11.1. The number of allylic oxidation sites excluding steroid dienone is 1. The van der Waals surface area contributed by atoms with Gasteiger partial charge in [-0.05, 0) is 59.4 Å². The molecular weight excluding hydrogens is 252 g/mol. The van der Waals surface area contributed by atoms with Gasteiger partial charge in [0.15, 0.2) is 0 Å². The van der Waals surface area contributed by atoms with Gasteiger partial charge in [0.05, 0.1) is 5.56 Å². The third-order valence-electron chi connectivity index (χ3n) is 3.59. The fourth-order valence-electron chi connectivity index (χ4n) is 2.57. The highest BCUT2D eigenvalue weighted by molar-refractivity contribution is 5.91. The number of aromatic carboxylic acids is 1. The molecule has 2 aromatic rings. The number of hydrogen-bond acceptors (Lipinski definition) is 2. The van der Waals surface area contributed by atoms with Crippen molar-refractivity contribution in [1.82, 2.24) is 0 Å². The number of benzene rings is 2. The van der Waals surface area contributed by atoms with Crippen LogP contribution in [-0.4, -0.2) is 16.2 Å². The molecule has 3 heteroatoms. The molecular formula is C17H14O3. The van der Waals surface area contributed by atoms with Crippen LogP contribution in [0, 0.1) is 0 Å². The minimum atomic E-state index is -0.913. The number of aromatic hydroxyl groups is 1. The molecule has 0 spiro atoms. The quantitative estimate of drug-likeness (QED) is 0.875. The zero-order chi connectivity index (χ0) is 14.1. The number of hydrogen-bond donors (Lipinski definition) is 2. The molecule has 0 aromatic heterocycles. The highest BCUT2D eigenvalue weighted by Crippen LogP contribution is 2.33. The van der Waals surface area contributed by atoms with Gasteiger partial charge < -0.3 is 10.2 Å². The average molecular weight is 266 g/mol. The minimum absolute atomic E-state index is 0.227. The number of rotatable bonds is 2. The number of carboxylic acid groups (broad SMARTS) is 1. The van der Waals surface area contributed by atoms with E-state index in [0.717, 1.165) is 29.5 Å². The normalized spacial score (nSPS) is 13.5. The zero-order valence-corrected chi connectivity index (χ0v) is 10.8. The largest absolute Gasteiger partial charge is 0.508 e. The first-order chi connectivity index (χ1) is 9.65. The molecule has 3 rings (SSSR count). The molecule has 1 aliphatic carbocycles. The summed E-state index contributed by atoms with van der Waals surface area (Å²) in [5.74, 6) is -0.687.